The summed E-state index contributed by atoms with van der Waals surface area (Å²) >= 11 is 1.38. The number of carbonyl (C=O) groups is 1. The molecule has 2 aromatic rings. The van der Waals surface area contributed by atoms with E-state index in [-0.39, 0.29) is 18.6 Å². The Bertz CT molecular complexity index is 612. The molecule has 0 aliphatic heterocycles. The van der Waals surface area contributed by atoms with Crippen LogP contribution >= 0.6 is 11.3 Å². The van der Waals surface area contributed by atoms with Crippen molar-refractivity contribution in [3.63, 3.8) is 0 Å². The first-order valence-electron chi connectivity index (χ1n) is 6.82. The van der Waals surface area contributed by atoms with Crippen LogP contribution in [0.25, 0.3) is 11.3 Å². The average Bonchev–Trinajstić information content (AvgIpc) is 2.91. The summed E-state index contributed by atoms with van der Waals surface area (Å²) in [5.74, 6) is 0.499. The van der Waals surface area contributed by atoms with Gasteiger partial charge in [0.1, 0.15) is 5.75 Å². The van der Waals surface area contributed by atoms with Gasteiger partial charge in [0.2, 0.25) is 0 Å². The van der Waals surface area contributed by atoms with Crippen LogP contribution in [0.3, 0.4) is 0 Å². The molecule has 0 saturated heterocycles. The molecule has 1 aromatic heterocycles. The van der Waals surface area contributed by atoms with Gasteiger partial charge in [-0.25, -0.2) is 4.98 Å². The molecular formula is C15H19N3O2S. The van der Waals surface area contributed by atoms with Crippen LogP contribution in [0.2, 0.25) is 0 Å². The number of nitrogens with two attached hydrogens (primary N) is 1. The average molecular weight is 305 g/mol. The minimum atomic E-state index is -0.128. The van der Waals surface area contributed by atoms with E-state index in [1.54, 1.807) is 0 Å². The lowest BCUT2D eigenvalue weighted by Gasteiger charge is -2.13. The van der Waals surface area contributed by atoms with Crippen LogP contribution in [0, 0.1) is 0 Å². The third-order valence-electron chi connectivity index (χ3n) is 3.06. The third-order valence-corrected chi connectivity index (χ3v) is 3.74. The van der Waals surface area contributed by atoms with Gasteiger partial charge in [-0.2, -0.15) is 0 Å². The van der Waals surface area contributed by atoms with E-state index in [9.17, 15) is 4.79 Å². The number of thiazole rings is 1. The third kappa shape index (κ3) is 4.19. The maximum atomic E-state index is 11.8. The molecule has 0 aliphatic carbocycles. The quantitative estimate of drug-likeness (QED) is 0.860. The Morgan fingerprint density at radius 3 is 2.90 bits per heavy atom. The number of anilines is 1. The standard InChI is InChI=1S/C15H19N3O2S/c1-3-10(2)17-14(19)8-20-13-7-5-4-6-11(13)12-9-21-15(16)18-12/h4-7,9-10H,3,8H2,1-2H3,(H2,16,18)(H,17,19). The lowest BCUT2D eigenvalue weighted by atomic mass is 10.1. The van der Waals surface area contributed by atoms with E-state index in [4.69, 9.17) is 10.5 Å². The predicted octanol–water partition coefficient (Wildman–Crippen LogP) is 2.69. The number of nitrogen functional groups attached to an aromatic ring is 1. The minimum Gasteiger partial charge on any atom is -0.483 e. The van der Waals surface area contributed by atoms with Crippen molar-refractivity contribution in [3.8, 4) is 17.0 Å². The molecule has 1 atom stereocenters. The van der Waals surface area contributed by atoms with Crippen LogP contribution in [0.15, 0.2) is 29.6 Å². The van der Waals surface area contributed by atoms with Crippen molar-refractivity contribution in [2.24, 2.45) is 0 Å². The molecule has 5 nitrogen and oxygen atoms in total. The number of nitrogens with one attached hydrogen (secondary N) is 1. The van der Waals surface area contributed by atoms with Crippen LogP contribution in [0.4, 0.5) is 5.13 Å². The van der Waals surface area contributed by atoms with Crippen molar-refractivity contribution < 1.29 is 9.53 Å². The molecule has 2 rings (SSSR count). The number of aromatic nitrogens is 1. The predicted molar refractivity (Wildman–Crippen MR) is 85.4 cm³/mol. The molecule has 21 heavy (non-hydrogen) atoms. The highest BCUT2D eigenvalue weighted by Crippen LogP contribution is 2.31. The first kappa shape index (κ1) is 15.3. The van der Waals surface area contributed by atoms with Gasteiger partial charge in [0, 0.05) is 17.0 Å². The molecule has 1 aromatic carbocycles. The van der Waals surface area contributed by atoms with Crippen LogP contribution in [-0.2, 0) is 4.79 Å². The van der Waals surface area contributed by atoms with E-state index >= 15 is 0 Å². The van der Waals surface area contributed by atoms with Gasteiger partial charge in [-0.05, 0) is 25.5 Å². The van der Waals surface area contributed by atoms with E-state index in [2.05, 4.69) is 10.3 Å². The van der Waals surface area contributed by atoms with Crippen molar-refractivity contribution in [1.29, 1.82) is 0 Å². The first-order valence-corrected chi connectivity index (χ1v) is 7.70. The number of carbonyl (C=O) groups excluding carboxylic acids is 1. The maximum Gasteiger partial charge on any atom is 0.258 e. The summed E-state index contributed by atoms with van der Waals surface area (Å²) in [5, 5.41) is 5.25. The highest BCUT2D eigenvalue weighted by atomic mass is 32.1. The summed E-state index contributed by atoms with van der Waals surface area (Å²) in [7, 11) is 0. The minimum absolute atomic E-state index is 0.0129. The van der Waals surface area contributed by atoms with Gasteiger partial charge in [0.05, 0.1) is 5.69 Å². The summed E-state index contributed by atoms with van der Waals surface area (Å²) in [6.45, 7) is 3.97. The zero-order valence-electron chi connectivity index (χ0n) is 12.1. The lowest BCUT2D eigenvalue weighted by molar-refractivity contribution is -0.123. The summed E-state index contributed by atoms with van der Waals surface area (Å²) in [6, 6.07) is 7.63. The Balaban J connectivity index is 2.06. The first-order chi connectivity index (χ1) is 10.1. The molecule has 1 amide bonds. The summed E-state index contributed by atoms with van der Waals surface area (Å²) in [5.41, 5.74) is 7.26. The topological polar surface area (TPSA) is 77.2 Å². The lowest BCUT2D eigenvalue weighted by Crippen LogP contribution is -2.35. The molecule has 0 saturated carbocycles. The number of para-hydroxylation sites is 1. The zero-order valence-corrected chi connectivity index (χ0v) is 12.9. The molecule has 3 N–H and O–H groups in total. The van der Waals surface area contributed by atoms with Crippen LogP contribution < -0.4 is 15.8 Å². The van der Waals surface area contributed by atoms with Gasteiger partial charge in [-0.1, -0.05) is 19.1 Å². The molecule has 0 aliphatic rings. The molecular weight excluding hydrogens is 286 g/mol. The van der Waals surface area contributed by atoms with Gasteiger partial charge in [0.15, 0.2) is 11.7 Å². The number of rotatable bonds is 6. The van der Waals surface area contributed by atoms with E-state index in [0.717, 1.165) is 17.7 Å². The Morgan fingerprint density at radius 1 is 1.48 bits per heavy atom. The van der Waals surface area contributed by atoms with Crippen molar-refractivity contribution >= 4 is 22.4 Å². The zero-order chi connectivity index (χ0) is 15.2. The molecule has 1 unspecified atom stereocenters. The molecule has 0 radical (unpaired) electrons. The monoisotopic (exact) mass is 305 g/mol. The highest BCUT2D eigenvalue weighted by Gasteiger charge is 2.11. The molecule has 1 heterocycles. The maximum absolute atomic E-state index is 11.8. The molecule has 112 valence electrons. The summed E-state index contributed by atoms with van der Waals surface area (Å²) in [6.07, 6.45) is 0.889. The second-order valence-electron chi connectivity index (χ2n) is 4.73. The normalized spacial score (nSPS) is 11.9. The van der Waals surface area contributed by atoms with E-state index in [0.29, 0.717) is 10.9 Å². The second kappa shape index (κ2) is 7.08. The fraction of sp³-hybridized carbons (Fsp3) is 0.333. The van der Waals surface area contributed by atoms with Gasteiger partial charge in [-0.3, -0.25) is 4.79 Å². The van der Waals surface area contributed by atoms with Gasteiger partial charge < -0.3 is 15.8 Å². The number of nitrogens with zero attached hydrogens (tertiary/aromatic N) is 1. The number of benzene rings is 1. The molecule has 0 fully saturated rings. The van der Waals surface area contributed by atoms with Gasteiger partial charge in [0.25, 0.3) is 5.91 Å². The largest absolute Gasteiger partial charge is 0.483 e. The molecule has 0 spiro atoms. The highest BCUT2D eigenvalue weighted by molar-refractivity contribution is 7.13. The second-order valence-corrected chi connectivity index (χ2v) is 5.62. The van der Waals surface area contributed by atoms with E-state index in [1.807, 2.05) is 43.5 Å². The number of ether oxygens (including phenoxy) is 1. The van der Waals surface area contributed by atoms with Gasteiger partial charge in [-0.15, -0.1) is 11.3 Å². The van der Waals surface area contributed by atoms with Crippen molar-refractivity contribution in [2.75, 3.05) is 12.3 Å². The number of hydrogen-bond donors (Lipinski definition) is 2. The number of hydrogen-bond acceptors (Lipinski definition) is 5. The smallest absolute Gasteiger partial charge is 0.258 e. The van der Waals surface area contributed by atoms with Crippen LogP contribution in [0.1, 0.15) is 20.3 Å². The fourth-order valence-electron chi connectivity index (χ4n) is 1.78. The Morgan fingerprint density at radius 2 is 2.24 bits per heavy atom. The summed E-state index contributed by atoms with van der Waals surface area (Å²) < 4.78 is 5.62. The van der Waals surface area contributed by atoms with E-state index < -0.39 is 0 Å². The Hall–Kier alpha value is -2.08. The van der Waals surface area contributed by atoms with Crippen molar-refractivity contribution in [3.05, 3.63) is 29.6 Å². The van der Waals surface area contributed by atoms with Crippen LogP contribution in [-0.4, -0.2) is 23.5 Å². The van der Waals surface area contributed by atoms with Crippen molar-refractivity contribution in [2.45, 2.75) is 26.3 Å². The Labute approximate surface area is 128 Å². The fourth-order valence-corrected chi connectivity index (χ4v) is 2.34. The van der Waals surface area contributed by atoms with Crippen molar-refractivity contribution in [1.82, 2.24) is 10.3 Å². The Kier molecular flexibility index (Phi) is 5.16. The molecule has 0 bridgehead atoms. The van der Waals surface area contributed by atoms with Crippen LogP contribution in [0.5, 0.6) is 5.75 Å². The van der Waals surface area contributed by atoms with E-state index in [1.165, 1.54) is 11.3 Å². The summed E-state index contributed by atoms with van der Waals surface area (Å²) in [4.78, 5) is 16.0. The molecule has 6 heteroatoms. The van der Waals surface area contributed by atoms with Gasteiger partial charge >= 0.3 is 0 Å². The number of amides is 1. The SMILES string of the molecule is CCC(C)NC(=O)COc1ccccc1-c1csc(N)n1.